The van der Waals surface area contributed by atoms with E-state index < -0.39 is 5.82 Å². The Morgan fingerprint density at radius 1 is 1.50 bits per heavy atom. The lowest BCUT2D eigenvalue weighted by molar-refractivity contribution is 0.0137. The molecule has 0 aromatic heterocycles. The molecule has 4 nitrogen and oxygen atoms in total. The van der Waals surface area contributed by atoms with Gasteiger partial charge in [0, 0.05) is 25.0 Å². The molecule has 0 unspecified atom stereocenters. The zero-order valence-electron chi connectivity index (χ0n) is 11.6. The van der Waals surface area contributed by atoms with Crippen LogP contribution in [0.1, 0.15) is 16.8 Å². The number of rotatable bonds is 5. The summed E-state index contributed by atoms with van der Waals surface area (Å²) in [5.74, 6) is 1.17. The standard InChI is InChI=1S/C14H18FNO3S/c1-18-12-4-3-10(7-11(12)15)13(17)16-8-14(19-2)5-6-20-9-14/h3-4,7H,5-6,8-9H2,1-2H3,(H,16,17)/t14-/m0/s1. The number of ether oxygens (including phenoxy) is 2. The zero-order chi connectivity index (χ0) is 14.6. The van der Waals surface area contributed by atoms with E-state index in [2.05, 4.69) is 5.32 Å². The molecule has 1 atom stereocenters. The van der Waals surface area contributed by atoms with Gasteiger partial charge in [0.25, 0.3) is 5.91 Å². The largest absolute Gasteiger partial charge is 0.494 e. The summed E-state index contributed by atoms with van der Waals surface area (Å²) in [6.07, 6.45) is 0.908. The molecule has 1 aromatic carbocycles. The maximum Gasteiger partial charge on any atom is 0.251 e. The van der Waals surface area contributed by atoms with E-state index >= 15 is 0 Å². The molecule has 0 aliphatic carbocycles. The van der Waals surface area contributed by atoms with Crippen molar-refractivity contribution in [1.82, 2.24) is 5.32 Å². The fourth-order valence-electron chi connectivity index (χ4n) is 2.11. The Labute approximate surface area is 122 Å². The SMILES string of the molecule is COc1ccc(C(=O)NC[C@@]2(OC)CCSC2)cc1F. The number of carbonyl (C=O) groups is 1. The molecule has 110 valence electrons. The molecule has 1 saturated heterocycles. The minimum atomic E-state index is -0.543. The molecule has 1 aliphatic heterocycles. The maximum atomic E-state index is 13.6. The first-order valence-corrected chi connectivity index (χ1v) is 7.50. The molecule has 0 radical (unpaired) electrons. The van der Waals surface area contributed by atoms with Crippen LogP contribution in [0.15, 0.2) is 18.2 Å². The summed E-state index contributed by atoms with van der Waals surface area (Å²) in [7, 11) is 3.04. The summed E-state index contributed by atoms with van der Waals surface area (Å²) < 4.78 is 23.9. The van der Waals surface area contributed by atoms with Gasteiger partial charge < -0.3 is 14.8 Å². The molecule has 2 rings (SSSR count). The van der Waals surface area contributed by atoms with E-state index in [0.717, 1.165) is 17.9 Å². The summed E-state index contributed by atoms with van der Waals surface area (Å²) in [4.78, 5) is 12.0. The molecule has 1 fully saturated rings. The minimum absolute atomic E-state index is 0.127. The predicted octanol–water partition coefficient (Wildman–Crippen LogP) is 2.09. The molecule has 0 spiro atoms. The van der Waals surface area contributed by atoms with Gasteiger partial charge >= 0.3 is 0 Å². The Morgan fingerprint density at radius 3 is 2.85 bits per heavy atom. The smallest absolute Gasteiger partial charge is 0.251 e. The molecular weight excluding hydrogens is 281 g/mol. The van der Waals surface area contributed by atoms with E-state index in [0.29, 0.717) is 6.54 Å². The van der Waals surface area contributed by atoms with Gasteiger partial charge in [-0.05, 0) is 30.4 Å². The topological polar surface area (TPSA) is 47.6 Å². The fourth-order valence-corrected chi connectivity index (χ4v) is 3.51. The number of hydrogen-bond donors (Lipinski definition) is 1. The fraction of sp³-hybridized carbons (Fsp3) is 0.500. The van der Waals surface area contributed by atoms with Gasteiger partial charge in [0.15, 0.2) is 11.6 Å². The second-order valence-electron chi connectivity index (χ2n) is 4.72. The van der Waals surface area contributed by atoms with Crippen molar-refractivity contribution in [2.45, 2.75) is 12.0 Å². The van der Waals surface area contributed by atoms with Gasteiger partial charge in [-0.15, -0.1) is 0 Å². The Balaban J connectivity index is 1.99. The molecule has 6 heteroatoms. The van der Waals surface area contributed by atoms with E-state index in [1.165, 1.54) is 19.2 Å². The van der Waals surface area contributed by atoms with Gasteiger partial charge in [-0.2, -0.15) is 11.8 Å². The van der Waals surface area contributed by atoms with E-state index in [9.17, 15) is 9.18 Å². The number of thioether (sulfide) groups is 1. The second kappa shape index (κ2) is 6.45. The van der Waals surface area contributed by atoms with Crippen LogP contribution >= 0.6 is 11.8 Å². The van der Waals surface area contributed by atoms with Crippen molar-refractivity contribution in [3.8, 4) is 5.75 Å². The van der Waals surface area contributed by atoms with Gasteiger partial charge in [0.1, 0.15) is 0 Å². The highest BCUT2D eigenvalue weighted by molar-refractivity contribution is 7.99. The van der Waals surface area contributed by atoms with Crippen molar-refractivity contribution in [3.63, 3.8) is 0 Å². The molecule has 1 aliphatic rings. The first-order valence-electron chi connectivity index (χ1n) is 6.35. The van der Waals surface area contributed by atoms with Crippen molar-refractivity contribution >= 4 is 17.7 Å². The molecule has 0 saturated carbocycles. The third-order valence-electron chi connectivity index (χ3n) is 3.49. The van der Waals surface area contributed by atoms with Gasteiger partial charge in [-0.25, -0.2) is 4.39 Å². The Morgan fingerprint density at radius 2 is 2.30 bits per heavy atom. The predicted molar refractivity (Wildman–Crippen MR) is 77.0 cm³/mol. The van der Waals surface area contributed by atoms with Crippen molar-refractivity contribution in [1.29, 1.82) is 0 Å². The van der Waals surface area contributed by atoms with Crippen molar-refractivity contribution in [2.24, 2.45) is 0 Å². The quantitative estimate of drug-likeness (QED) is 0.904. The van der Waals surface area contributed by atoms with Crippen LogP contribution in [0.2, 0.25) is 0 Å². The molecule has 1 heterocycles. The lowest BCUT2D eigenvalue weighted by Crippen LogP contribution is -2.44. The van der Waals surface area contributed by atoms with E-state index in [4.69, 9.17) is 9.47 Å². The summed E-state index contributed by atoms with van der Waals surface area (Å²) in [6, 6.07) is 4.17. The summed E-state index contributed by atoms with van der Waals surface area (Å²) in [5, 5.41) is 2.81. The Kier molecular flexibility index (Phi) is 4.88. The van der Waals surface area contributed by atoms with Crippen LogP contribution in [0, 0.1) is 5.82 Å². The first kappa shape index (κ1) is 15.1. The van der Waals surface area contributed by atoms with Gasteiger partial charge in [0.05, 0.1) is 12.7 Å². The van der Waals surface area contributed by atoms with Crippen LogP contribution in [0.5, 0.6) is 5.75 Å². The third-order valence-corrected chi connectivity index (χ3v) is 4.71. The third kappa shape index (κ3) is 3.24. The van der Waals surface area contributed by atoms with Crippen molar-refractivity contribution in [2.75, 3.05) is 32.3 Å². The van der Waals surface area contributed by atoms with Crippen LogP contribution in [-0.2, 0) is 4.74 Å². The van der Waals surface area contributed by atoms with Gasteiger partial charge in [-0.3, -0.25) is 4.79 Å². The normalized spacial score (nSPS) is 21.8. The maximum absolute atomic E-state index is 13.6. The number of hydrogen-bond acceptors (Lipinski definition) is 4. The molecular formula is C14H18FNO3S. The van der Waals surface area contributed by atoms with Crippen LogP contribution in [0.3, 0.4) is 0 Å². The summed E-state index contributed by atoms with van der Waals surface area (Å²) >= 11 is 1.81. The lowest BCUT2D eigenvalue weighted by atomic mass is 10.0. The van der Waals surface area contributed by atoms with Crippen LogP contribution in [0.4, 0.5) is 4.39 Å². The Bertz CT molecular complexity index is 489. The molecule has 1 aromatic rings. The number of halogens is 1. The second-order valence-corrected chi connectivity index (χ2v) is 5.83. The highest BCUT2D eigenvalue weighted by Crippen LogP contribution is 2.30. The summed E-state index contributed by atoms with van der Waals surface area (Å²) in [5.41, 5.74) is -0.0223. The van der Waals surface area contributed by atoms with Gasteiger partial charge in [0.2, 0.25) is 0 Å². The number of benzene rings is 1. The van der Waals surface area contributed by atoms with E-state index in [1.54, 1.807) is 13.2 Å². The molecule has 1 amide bonds. The molecule has 1 N–H and O–H groups in total. The van der Waals surface area contributed by atoms with Crippen LogP contribution in [-0.4, -0.2) is 43.8 Å². The van der Waals surface area contributed by atoms with Crippen molar-refractivity contribution in [3.05, 3.63) is 29.6 Å². The minimum Gasteiger partial charge on any atom is -0.494 e. The molecule has 0 bridgehead atoms. The van der Waals surface area contributed by atoms with Crippen molar-refractivity contribution < 1.29 is 18.7 Å². The average molecular weight is 299 g/mol. The van der Waals surface area contributed by atoms with E-state index in [-0.39, 0.29) is 22.8 Å². The number of methoxy groups -OCH3 is 2. The monoisotopic (exact) mass is 299 g/mol. The van der Waals surface area contributed by atoms with Crippen LogP contribution < -0.4 is 10.1 Å². The Hall–Kier alpha value is -1.27. The van der Waals surface area contributed by atoms with Crippen LogP contribution in [0.25, 0.3) is 0 Å². The molecule has 20 heavy (non-hydrogen) atoms. The number of carbonyl (C=O) groups excluding carboxylic acids is 1. The number of nitrogens with one attached hydrogen (secondary N) is 1. The average Bonchev–Trinajstić information content (AvgIpc) is 2.94. The van der Waals surface area contributed by atoms with E-state index in [1.807, 2.05) is 11.8 Å². The lowest BCUT2D eigenvalue weighted by Gasteiger charge is -2.26. The van der Waals surface area contributed by atoms with Gasteiger partial charge in [-0.1, -0.05) is 0 Å². The first-order chi connectivity index (χ1) is 9.60. The summed E-state index contributed by atoms with van der Waals surface area (Å²) in [6.45, 7) is 0.434. The highest BCUT2D eigenvalue weighted by Gasteiger charge is 2.34. The number of amides is 1. The highest BCUT2D eigenvalue weighted by atomic mass is 32.2. The zero-order valence-corrected chi connectivity index (χ0v) is 12.4.